The first-order valence-corrected chi connectivity index (χ1v) is 12.6. The van der Waals surface area contributed by atoms with Gasteiger partial charge in [-0.3, -0.25) is 14.4 Å². The number of aliphatic hydroxyl groups excluding tert-OH is 1. The first-order chi connectivity index (χ1) is 15.0. The Morgan fingerprint density at radius 3 is 2.34 bits per heavy atom. The number of carbonyl (C=O) groups is 3. The summed E-state index contributed by atoms with van der Waals surface area (Å²) in [6.07, 6.45) is 6.42. The third kappa shape index (κ3) is 3.35. The fraction of sp³-hybridized carbons (Fsp3) is 0.885. The van der Waals surface area contributed by atoms with Crippen molar-refractivity contribution in [3.63, 3.8) is 0 Å². The molecule has 0 saturated heterocycles. The number of esters is 2. The molecule has 6 nitrogen and oxygen atoms in total. The molecule has 4 saturated carbocycles. The van der Waals surface area contributed by atoms with Gasteiger partial charge in [0.25, 0.3) is 0 Å². The molecule has 0 aliphatic heterocycles. The number of Topliss-reactive ketones (excluding diaryl/α,β-unsaturated/α-hetero) is 1. The van der Waals surface area contributed by atoms with Gasteiger partial charge >= 0.3 is 11.9 Å². The predicted molar refractivity (Wildman–Crippen MR) is 118 cm³/mol. The van der Waals surface area contributed by atoms with Gasteiger partial charge < -0.3 is 14.6 Å². The van der Waals surface area contributed by atoms with E-state index in [0.717, 1.165) is 38.5 Å². The Morgan fingerprint density at radius 2 is 1.72 bits per heavy atom. The number of carbonyl (C=O) groups excluding carboxylic acids is 3. The minimum absolute atomic E-state index is 0.00175. The lowest BCUT2D eigenvalue weighted by molar-refractivity contribution is -0.213. The van der Waals surface area contributed by atoms with Gasteiger partial charge in [0.05, 0.1) is 6.10 Å². The van der Waals surface area contributed by atoms with Crippen LogP contribution in [0.3, 0.4) is 0 Å². The van der Waals surface area contributed by atoms with Crippen LogP contribution < -0.4 is 0 Å². The SMILES string of the molecule is CCC(=O)[C@@]1(OC(C)=O)CC[C@H]2[C@@H]3CC[C@H]4C[C@@H](OC(C)=O)CC[C@]4(C)[C@H]3[C@@H](O)C[C@@]21C. The van der Waals surface area contributed by atoms with Crippen LogP contribution in [0.1, 0.15) is 92.4 Å². The first kappa shape index (κ1) is 23.7. The van der Waals surface area contributed by atoms with Gasteiger partial charge in [0.15, 0.2) is 11.4 Å². The highest BCUT2D eigenvalue weighted by molar-refractivity contribution is 5.90. The van der Waals surface area contributed by atoms with Crippen molar-refractivity contribution in [1.82, 2.24) is 0 Å². The molecule has 1 N–H and O–H groups in total. The molecule has 0 aromatic heterocycles. The Morgan fingerprint density at radius 1 is 1.00 bits per heavy atom. The van der Waals surface area contributed by atoms with E-state index in [0.29, 0.717) is 31.1 Å². The zero-order chi connectivity index (χ0) is 23.5. The summed E-state index contributed by atoms with van der Waals surface area (Å²) in [5.74, 6) is 0.538. The first-order valence-electron chi connectivity index (χ1n) is 12.6. The van der Waals surface area contributed by atoms with Crippen molar-refractivity contribution in [1.29, 1.82) is 0 Å². The average molecular weight is 449 g/mol. The summed E-state index contributed by atoms with van der Waals surface area (Å²) in [5.41, 5.74) is -1.65. The van der Waals surface area contributed by atoms with E-state index in [1.165, 1.54) is 13.8 Å². The second-order valence-electron chi connectivity index (χ2n) is 11.5. The summed E-state index contributed by atoms with van der Waals surface area (Å²) in [6.45, 7) is 9.11. The molecular formula is C26H40O6. The molecule has 6 heteroatoms. The van der Waals surface area contributed by atoms with Gasteiger partial charge in [-0.1, -0.05) is 20.8 Å². The molecular weight excluding hydrogens is 408 g/mol. The van der Waals surface area contributed by atoms with Crippen molar-refractivity contribution in [2.45, 2.75) is 110 Å². The summed E-state index contributed by atoms with van der Waals surface area (Å²) in [7, 11) is 0. The number of hydrogen-bond acceptors (Lipinski definition) is 6. The van der Waals surface area contributed by atoms with E-state index in [-0.39, 0.29) is 35.1 Å². The molecule has 0 spiro atoms. The van der Waals surface area contributed by atoms with Crippen LogP contribution in [0.25, 0.3) is 0 Å². The van der Waals surface area contributed by atoms with E-state index in [9.17, 15) is 19.5 Å². The van der Waals surface area contributed by atoms with Crippen molar-refractivity contribution in [2.24, 2.45) is 34.5 Å². The molecule has 180 valence electrons. The minimum Gasteiger partial charge on any atom is -0.463 e. The smallest absolute Gasteiger partial charge is 0.303 e. The monoisotopic (exact) mass is 448 g/mol. The molecule has 9 atom stereocenters. The van der Waals surface area contributed by atoms with Gasteiger partial charge in [0.1, 0.15) is 6.10 Å². The maximum absolute atomic E-state index is 13.2. The number of hydrogen-bond donors (Lipinski definition) is 1. The maximum atomic E-state index is 13.2. The van der Waals surface area contributed by atoms with E-state index < -0.39 is 23.1 Å². The summed E-state index contributed by atoms with van der Waals surface area (Å²) in [5, 5.41) is 11.6. The zero-order valence-electron chi connectivity index (χ0n) is 20.3. The number of ether oxygens (including phenoxy) is 2. The molecule has 4 rings (SSSR count). The van der Waals surface area contributed by atoms with Crippen molar-refractivity contribution < 1.29 is 29.0 Å². The Hall–Kier alpha value is -1.43. The summed E-state index contributed by atoms with van der Waals surface area (Å²) in [6, 6.07) is 0. The van der Waals surface area contributed by atoms with Gasteiger partial charge in [0.2, 0.25) is 0 Å². The van der Waals surface area contributed by atoms with Crippen LogP contribution in [-0.2, 0) is 23.9 Å². The van der Waals surface area contributed by atoms with Crippen molar-refractivity contribution in [3.8, 4) is 0 Å². The van der Waals surface area contributed by atoms with Gasteiger partial charge in [-0.25, -0.2) is 0 Å². The molecule has 32 heavy (non-hydrogen) atoms. The number of rotatable bonds is 4. The standard InChI is InChI=1S/C26H40O6/c1-6-22(30)26(32-16(3)28)12-10-20-19-8-7-17-13-18(31-15(2)27)9-11-24(17,4)23(19)21(29)14-25(20,26)5/h17-21,23,29H,6-14H2,1-5H3/t17-,18-,19-,20-,21-,23+,24-,25-,26-/m0/s1. The third-order valence-electron chi connectivity index (χ3n) is 10.1. The largest absolute Gasteiger partial charge is 0.463 e. The molecule has 0 unspecified atom stereocenters. The van der Waals surface area contributed by atoms with Crippen LogP contribution in [-0.4, -0.2) is 40.6 Å². The molecule has 4 aliphatic rings. The molecule has 0 radical (unpaired) electrons. The van der Waals surface area contributed by atoms with E-state index in [1.54, 1.807) is 0 Å². The highest BCUT2D eigenvalue weighted by Gasteiger charge is 2.70. The van der Waals surface area contributed by atoms with Gasteiger partial charge in [-0.2, -0.15) is 0 Å². The van der Waals surface area contributed by atoms with Gasteiger partial charge in [-0.05, 0) is 80.5 Å². The van der Waals surface area contributed by atoms with Gasteiger partial charge in [-0.15, -0.1) is 0 Å². The molecule has 0 aromatic carbocycles. The Balaban J connectivity index is 1.65. The molecule has 4 aliphatic carbocycles. The molecule has 4 fully saturated rings. The highest BCUT2D eigenvalue weighted by atomic mass is 16.6. The topological polar surface area (TPSA) is 89.9 Å². The Labute approximate surface area is 191 Å². The van der Waals surface area contributed by atoms with E-state index in [4.69, 9.17) is 9.47 Å². The predicted octanol–water partition coefficient (Wildman–Crippen LogP) is 4.21. The highest BCUT2D eigenvalue weighted by Crippen LogP contribution is 2.69. The second kappa shape index (κ2) is 8.11. The summed E-state index contributed by atoms with van der Waals surface area (Å²) < 4.78 is 11.4. The second-order valence-corrected chi connectivity index (χ2v) is 11.5. The molecule has 0 amide bonds. The number of aliphatic hydroxyl groups is 1. The maximum Gasteiger partial charge on any atom is 0.303 e. The summed E-state index contributed by atoms with van der Waals surface area (Å²) in [4.78, 5) is 36.8. The lowest BCUT2D eigenvalue weighted by Crippen LogP contribution is -2.63. The van der Waals surface area contributed by atoms with Crippen LogP contribution in [0.2, 0.25) is 0 Å². The Kier molecular flexibility index (Phi) is 6.01. The van der Waals surface area contributed by atoms with Gasteiger partial charge in [0, 0.05) is 25.7 Å². The lowest BCUT2D eigenvalue weighted by Gasteiger charge is -2.63. The van der Waals surface area contributed by atoms with E-state index >= 15 is 0 Å². The fourth-order valence-electron chi connectivity index (χ4n) is 8.89. The van der Waals surface area contributed by atoms with Crippen LogP contribution in [0.15, 0.2) is 0 Å². The van der Waals surface area contributed by atoms with Crippen LogP contribution in [0.4, 0.5) is 0 Å². The van der Waals surface area contributed by atoms with Crippen molar-refractivity contribution in [3.05, 3.63) is 0 Å². The van der Waals surface area contributed by atoms with Crippen LogP contribution >= 0.6 is 0 Å². The number of ketones is 1. The average Bonchev–Trinajstić information content (AvgIpc) is 2.99. The Bertz CT molecular complexity index is 793. The number of fused-ring (bicyclic) bond motifs is 5. The van der Waals surface area contributed by atoms with E-state index in [1.807, 2.05) is 6.92 Å². The van der Waals surface area contributed by atoms with E-state index in [2.05, 4.69) is 13.8 Å². The third-order valence-corrected chi connectivity index (χ3v) is 10.1. The molecule has 0 bridgehead atoms. The molecule has 0 aromatic rings. The molecule has 0 heterocycles. The zero-order valence-corrected chi connectivity index (χ0v) is 20.3. The van der Waals surface area contributed by atoms with Crippen LogP contribution in [0.5, 0.6) is 0 Å². The minimum atomic E-state index is -1.12. The normalized spacial score (nSPS) is 47.6. The lowest BCUT2D eigenvalue weighted by atomic mass is 9.43. The van der Waals surface area contributed by atoms with Crippen molar-refractivity contribution >= 4 is 17.7 Å². The van der Waals surface area contributed by atoms with Crippen LogP contribution in [0, 0.1) is 34.5 Å². The quantitative estimate of drug-likeness (QED) is 0.648. The summed E-state index contributed by atoms with van der Waals surface area (Å²) >= 11 is 0. The van der Waals surface area contributed by atoms with Crippen molar-refractivity contribution in [2.75, 3.05) is 0 Å². The fourth-order valence-corrected chi connectivity index (χ4v) is 8.89.